The number of hydrogen-bond acceptors (Lipinski definition) is 4. The number of nitrogens with zero attached hydrogens (tertiary/aromatic N) is 4. The normalized spacial score (nSPS) is 19.0. The van der Waals surface area contributed by atoms with Crippen LogP contribution in [0.15, 0.2) is 17.4 Å². The van der Waals surface area contributed by atoms with Crippen LogP contribution < -0.4 is 5.32 Å². The first-order chi connectivity index (χ1) is 10.2. The highest BCUT2D eigenvalue weighted by atomic mass is 127. The summed E-state index contributed by atoms with van der Waals surface area (Å²) in [5.41, 5.74) is 1.11. The van der Waals surface area contributed by atoms with E-state index in [4.69, 9.17) is 9.47 Å². The topological polar surface area (TPSA) is 63.9 Å². The Hall–Kier alpha value is -0.870. The molecule has 1 saturated heterocycles. The van der Waals surface area contributed by atoms with Gasteiger partial charge in [0.25, 0.3) is 0 Å². The SMILES string of the molecule is CCNC(=NCCOC)N1CCOC(c2cnn(C)c2)C1.I. The van der Waals surface area contributed by atoms with Crippen molar-refractivity contribution in [3.8, 4) is 0 Å². The van der Waals surface area contributed by atoms with E-state index in [2.05, 4.69) is 27.2 Å². The lowest BCUT2D eigenvalue weighted by Crippen LogP contribution is -2.48. The second-order valence-corrected chi connectivity index (χ2v) is 4.98. The van der Waals surface area contributed by atoms with Crippen molar-refractivity contribution in [3.63, 3.8) is 0 Å². The van der Waals surface area contributed by atoms with Crippen LogP contribution in [0.3, 0.4) is 0 Å². The molecule has 0 aromatic carbocycles. The smallest absolute Gasteiger partial charge is 0.194 e. The average molecular weight is 423 g/mol. The highest BCUT2D eigenvalue weighted by Crippen LogP contribution is 2.21. The number of halogens is 1. The van der Waals surface area contributed by atoms with Gasteiger partial charge in [0, 0.05) is 39.0 Å². The minimum atomic E-state index is 0. The molecule has 0 saturated carbocycles. The first-order valence-corrected chi connectivity index (χ1v) is 7.37. The number of hydrogen-bond donors (Lipinski definition) is 1. The van der Waals surface area contributed by atoms with Crippen molar-refractivity contribution in [1.29, 1.82) is 0 Å². The third-order valence-electron chi connectivity index (χ3n) is 3.35. The number of nitrogens with one attached hydrogen (secondary N) is 1. The van der Waals surface area contributed by atoms with Gasteiger partial charge in [-0.2, -0.15) is 5.10 Å². The first kappa shape index (κ1) is 19.2. The zero-order chi connectivity index (χ0) is 15.1. The van der Waals surface area contributed by atoms with Gasteiger partial charge >= 0.3 is 0 Å². The molecule has 22 heavy (non-hydrogen) atoms. The summed E-state index contributed by atoms with van der Waals surface area (Å²) in [6, 6.07) is 0. The number of aryl methyl sites for hydroxylation is 1. The fourth-order valence-electron chi connectivity index (χ4n) is 2.32. The molecule has 7 nitrogen and oxygen atoms in total. The molecule has 1 N–H and O–H groups in total. The summed E-state index contributed by atoms with van der Waals surface area (Å²) in [5.74, 6) is 0.923. The monoisotopic (exact) mass is 423 g/mol. The quantitative estimate of drug-likeness (QED) is 0.332. The molecule has 1 atom stereocenters. The number of aromatic nitrogens is 2. The molecule has 1 aliphatic heterocycles. The molecule has 1 aromatic rings. The molecule has 1 aliphatic rings. The van der Waals surface area contributed by atoms with Gasteiger partial charge in [0.2, 0.25) is 0 Å². The summed E-state index contributed by atoms with van der Waals surface area (Å²) in [5, 5.41) is 7.55. The zero-order valence-corrected chi connectivity index (χ0v) is 15.8. The minimum absolute atomic E-state index is 0. The maximum atomic E-state index is 5.86. The van der Waals surface area contributed by atoms with Crippen molar-refractivity contribution in [3.05, 3.63) is 18.0 Å². The lowest BCUT2D eigenvalue weighted by atomic mass is 10.1. The van der Waals surface area contributed by atoms with Crippen LogP contribution in [-0.4, -0.2) is 67.1 Å². The molecule has 126 valence electrons. The molecule has 8 heteroatoms. The lowest BCUT2D eigenvalue weighted by molar-refractivity contribution is -0.00807. The van der Waals surface area contributed by atoms with Gasteiger partial charge in [-0.1, -0.05) is 0 Å². The maximum absolute atomic E-state index is 5.86. The van der Waals surface area contributed by atoms with E-state index < -0.39 is 0 Å². The highest BCUT2D eigenvalue weighted by Gasteiger charge is 2.24. The van der Waals surface area contributed by atoms with Gasteiger partial charge in [-0.05, 0) is 6.92 Å². The summed E-state index contributed by atoms with van der Waals surface area (Å²) >= 11 is 0. The molecule has 2 rings (SSSR count). The Kier molecular flexibility index (Phi) is 8.72. The summed E-state index contributed by atoms with van der Waals surface area (Å²) < 4.78 is 12.7. The van der Waals surface area contributed by atoms with E-state index in [0.717, 1.165) is 31.2 Å². The number of ether oxygens (including phenoxy) is 2. The predicted octanol–water partition coefficient (Wildman–Crippen LogP) is 1.02. The number of methoxy groups -OCH3 is 1. The summed E-state index contributed by atoms with van der Waals surface area (Å²) in [7, 11) is 3.61. The van der Waals surface area contributed by atoms with Crippen molar-refractivity contribution in [1.82, 2.24) is 20.0 Å². The molecule has 0 aliphatic carbocycles. The molecule has 0 amide bonds. The molecule has 1 unspecified atom stereocenters. The van der Waals surface area contributed by atoms with Crippen LogP contribution in [0.1, 0.15) is 18.6 Å². The highest BCUT2D eigenvalue weighted by molar-refractivity contribution is 14.0. The van der Waals surface area contributed by atoms with Crippen LogP contribution in [0.5, 0.6) is 0 Å². The van der Waals surface area contributed by atoms with Crippen LogP contribution in [0, 0.1) is 0 Å². The predicted molar refractivity (Wildman–Crippen MR) is 96.7 cm³/mol. The Balaban J connectivity index is 0.00000242. The first-order valence-electron chi connectivity index (χ1n) is 7.37. The Morgan fingerprint density at radius 1 is 1.59 bits per heavy atom. The van der Waals surface area contributed by atoms with Crippen molar-refractivity contribution in [2.24, 2.45) is 12.0 Å². The van der Waals surface area contributed by atoms with Gasteiger partial charge in [0.05, 0.1) is 32.5 Å². The van der Waals surface area contributed by atoms with E-state index in [9.17, 15) is 0 Å². The van der Waals surface area contributed by atoms with Crippen LogP contribution in [-0.2, 0) is 16.5 Å². The number of morpholine rings is 1. The van der Waals surface area contributed by atoms with Gasteiger partial charge in [0.15, 0.2) is 5.96 Å². The van der Waals surface area contributed by atoms with Gasteiger partial charge < -0.3 is 19.7 Å². The zero-order valence-electron chi connectivity index (χ0n) is 13.5. The van der Waals surface area contributed by atoms with Crippen molar-refractivity contribution in [2.75, 3.05) is 46.5 Å². The second kappa shape index (κ2) is 10.0. The minimum Gasteiger partial charge on any atom is -0.383 e. The van der Waals surface area contributed by atoms with Crippen LogP contribution in [0.25, 0.3) is 0 Å². The van der Waals surface area contributed by atoms with E-state index in [1.807, 2.05) is 19.4 Å². The number of rotatable bonds is 5. The van der Waals surface area contributed by atoms with E-state index >= 15 is 0 Å². The van der Waals surface area contributed by atoms with E-state index in [1.54, 1.807) is 11.8 Å². The summed E-state index contributed by atoms with van der Waals surface area (Å²) in [4.78, 5) is 6.83. The lowest BCUT2D eigenvalue weighted by Gasteiger charge is -2.34. The van der Waals surface area contributed by atoms with Crippen LogP contribution in [0.4, 0.5) is 0 Å². The maximum Gasteiger partial charge on any atom is 0.194 e. The Morgan fingerprint density at radius 3 is 3.05 bits per heavy atom. The molecular formula is C14H26IN5O2. The Labute approximate surface area is 149 Å². The third kappa shape index (κ3) is 5.40. The Bertz CT molecular complexity index is 466. The number of guanidine groups is 1. The Morgan fingerprint density at radius 2 is 2.41 bits per heavy atom. The molecule has 1 fully saturated rings. The van der Waals surface area contributed by atoms with Crippen LogP contribution >= 0.6 is 24.0 Å². The van der Waals surface area contributed by atoms with Gasteiger partial charge in [-0.25, -0.2) is 0 Å². The van der Waals surface area contributed by atoms with Crippen LogP contribution in [0.2, 0.25) is 0 Å². The van der Waals surface area contributed by atoms with Crippen molar-refractivity contribution in [2.45, 2.75) is 13.0 Å². The molecule has 1 aromatic heterocycles. The average Bonchev–Trinajstić information content (AvgIpc) is 2.93. The van der Waals surface area contributed by atoms with E-state index in [0.29, 0.717) is 19.8 Å². The largest absolute Gasteiger partial charge is 0.383 e. The third-order valence-corrected chi connectivity index (χ3v) is 3.35. The van der Waals surface area contributed by atoms with Gasteiger partial charge in [0.1, 0.15) is 6.10 Å². The molecular weight excluding hydrogens is 397 g/mol. The van der Waals surface area contributed by atoms with Crippen molar-refractivity contribution < 1.29 is 9.47 Å². The molecule has 0 radical (unpaired) electrons. The number of aliphatic imine (C=N–C) groups is 1. The standard InChI is InChI=1S/C14H25N5O2.HI/c1-4-15-14(16-5-7-20-3)19-6-8-21-13(11-19)12-9-17-18(2)10-12;/h9-10,13H,4-8,11H2,1-3H3,(H,15,16);1H. The fraction of sp³-hybridized carbons (Fsp3) is 0.714. The van der Waals surface area contributed by atoms with E-state index in [1.165, 1.54) is 0 Å². The van der Waals surface area contributed by atoms with Gasteiger partial charge in [-0.3, -0.25) is 9.67 Å². The van der Waals surface area contributed by atoms with Gasteiger partial charge in [-0.15, -0.1) is 24.0 Å². The molecule has 0 bridgehead atoms. The van der Waals surface area contributed by atoms with E-state index in [-0.39, 0.29) is 30.1 Å². The summed E-state index contributed by atoms with van der Waals surface area (Å²) in [6.45, 7) is 6.53. The van der Waals surface area contributed by atoms with Crippen molar-refractivity contribution >= 4 is 29.9 Å². The second-order valence-electron chi connectivity index (χ2n) is 4.98. The summed E-state index contributed by atoms with van der Waals surface area (Å²) in [6.07, 6.45) is 3.91. The molecule has 2 heterocycles. The fourth-order valence-corrected chi connectivity index (χ4v) is 2.32. The molecule has 0 spiro atoms.